The Morgan fingerprint density at radius 2 is 1.55 bits per heavy atom. The molecule has 1 saturated carbocycles. The van der Waals surface area contributed by atoms with Gasteiger partial charge in [0, 0.05) is 61.2 Å². The average molecular weight is 713 g/mol. The summed E-state index contributed by atoms with van der Waals surface area (Å²) in [5.74, 6) is 0.691. The summed E-state index contributed by atoms with van der Waals surface area (Å²) < 4.78 is 17.8. The molecule has 4 heterocycles. The highest BCUT2D eigenvalue weighted by atomic mass is 16.5. The van der Waals surface area contributed by atoms with Gasteiger partial charge in [0.25, 0.3) is 11.8 Å². The Morgan fingerprint density at radius 3 is 2.23 bits per heavy atom. The van der Waals surface area contributed by atoms with Crippen LogP contribution in [0.5, 0.6) is 17.4 Å². The molecule has 53 heavy (non-hydrogen) atoms. The third kappa shape index (κ3) is 6.61. The number of fused-ring (bicyclic) bond motifs is 1. The molecule has 0 bridgehead atoms. The molecule has 1 unspecified atom stereocenters. The summed E-state index contributed by atoms with van der Waals surface area (Å²) in [5.41, 5.74) is 3.92. The van der Waals surface area contributed by atoms with Crippen LogP contribution in [0.25, 0.3) is 11.5 Å². The van der Waals surface area contributed by atoms with E-state index in [1.165, 1.54) is 0 Å². The zero-order valence-electron chi connectivity index (χ0n) is 29.3. The van der Waals surface area contributed by atoms with Gasteiger partial charge in [0.1, 0.15) is 23.6 Å². The van der Waals surface area contributed by atoms with Crippen LogP contribution in [-0.4, -0.2) is 61.9 Å². The van der Waals surface area contributed by atoms with Crippen molar-refractivity contribution in [2.45, 2.75) is 70.1 Å². The first-order valence-electron chi connectivity index (χ1n) is 17.5. The van der Waals surface area contributed by atoms with Crippen molar-refractivity contribution in [1.29, 1.82) is 0 Å². The Hall–Kier alpha value is -6.37. The van der Waals surface area contributed by atoms with Crippen molar-refractivity contribution in [2.75, 3.05) is 5.32 Å². The highest BCUT2D eigenvalue weighted by Gasteiger charge is 2.45. The number of amides is 4. The maximum Gasteiger partial charge on any atom is 0.262 e. The third-order valence-corrected chi connectivity index (χ3v) is 10.1. The number of nitrogens with zero attached hydrogens (tertiary/aromatic N) is 4. The first kappa shape index (κ1) is 33.8. The molecule has 13 heteroatoms. The number of rotatable bonds is 10. The van der Waals surface area contributed by atoms with Crippen LogP contribution in [-0.2, 0) is 15.0 Å². The molecule has 2 aromatic heterocycles. The Bertz CT molecular complexity index is 2240. The molecule has 3 aromatic carbocycles. The van der Waals surface area contributed by atoms with Crippen LogP contribution in [0.15, 0.2) is 89.5 Å². The highest BCUT2D eigenvalue weighted by Crippen LogP contribution is 2.36. The fraction of sp³-hybridized carbons (Fsp3) is 0.275. The molecular formula is C40H36N6O7. The summed E-state index contributed by atoms with van der Waals surface area (Å²) in [6.45, 7) is 6.09. The predicted molar refractivity (Wildman–Crippen MR) is 192 cm³/mol. The standard InChI is InChI=1S/C40H36N6O7/c1-22-44-45-37(51-22)23-16-17-41-35(18-23)53-29-11-6-25(7-12-29)40(2,3)24-4-9-28(10-5-24)52-30-19-27(20-30)42-26-8-13-31-32(21-26)39(50)46(38(31)49)33-14-15-34(47)43-36(33)48/h4-13,16-18,21,27,30,33,42H,14-15,19-20H2,1-3H3,(H,43,47,48)/t27-,30-,33?. The third-order valence-electron chi connectivity index (χ3n) is 10.1. The van der Waals surface area contributed by atoms with Gasteiger partial charge < -0.3 is 19.2 Å². The van der Waals surface area contributed by atoms with Gasteiger partial charge in [-0.1, -0.05) is 38.1 Å². The predicted octanol–water partition coefficient (Wildman–Crippen LogP) is 5.98. The molecule has 8 rings (SSSR count). The van der Waals surface area contributed by atoms with E-state index in [4.69, 9.17) is 13.9 Å². The van der Waals surface area contributed by atoms with E-state index in [-0.39, 0.29) is 41.5 Å². The van der Waals surface area contributed by atoms with Crippen LogP contribution >= 0.6 is 0 Å². The molecule has 2 fully saturated rings. The van der Waals surface area contributed by atoms with E-state index >= 15 is 0 Å². The number of hydrogen-bond acceptors (Lipinski definition) is 11. The monoisotopic (exact) mass is 712 g/mol. The van der Waals surface area contributed by atoms with Crippen molar-refractivity contribution in [2.24, 2.45) is 0 Å². The second-order valence-electron chi connectivity index (χ2n) is 14.0. The molecule has 13 nitrogen and oxygen atoms in total. The van der Waals surface area contributed by atoms with Gasteiger partial charge in [0.05, 0.1) is 11.1 Å². The summed E-state index contributed by atoms with van der Waals surface area (Å²) in [6.07, 6.45) is 3.41. The second kappa shape index (κ2) is 13.3. The molecule has 0 radical (unpaired) electrons. The Kier molecular flexibility index (Phi) is 8.48. The van der Waals surface area contributed by atoms with Gasteiger partial charge in [0.15, 0.2) is 0 Å². The quantitative estimate of drug-likeness (QED) is 0.164. The number of benzene rings is 3. The van der Waals surface area contributed by atoms with Gasteiger partial charge in [-0.3, -0.25) is 29.4 Å². The van der Waals surface area contributed by atoms with Gasteiger partial charge in [0.2, 0.25) is 29.5 Å². The number of carbonyl (C=O) groups excluding carboxylic acids is 4. The number of aromatic nitrogens is 3. The van der Waals surface area contributed by atoms with Gasteiger partial charge >= 0.3 is 0 Å². The molecule has 5 aromatic rings. The number of pyridine rings is 1. The molecule has 1 saturated heterocycles. The lowest BCUT2D eigenvalue weighted by Gasteiger charge is -2.36. The average Bonchev–Trinajstić information content (AvgIpc) is 3.67. The van der Waals surface area contributed by atoms with Crippen LogP contribution < -0.4 is 20.1 Å². The molecular weight excluding hydrogens is 676 g/mol. The van der Waals surface area contributed by atoms with Crippen LogP contribution in [0.2, 0.25) is 0 Å². The highest BCUT2D eigenvalue weighted by molar-refractivity contribution is 6.23. The largest absolute Gasteiger partial charge is 0.490 e. The number of carbonyl (C=O) groups is 4. The van der Waals surface area contributed by atoms with Crippen LogP contribution in [0.1, 0.15) is 77.3 Å². The van der Waals surface area contributed by atoms with Crippen molar-refractivity contribution < 1.29 is 33.1 Å². The lowest BCUT2D eigenvalue weighted by molar-refractivity contribution is -0.136. The lowest BCUT2D eigenvalue weighted by atomic mass is 9.78. The van der Waals surface area contributed by atoms with E-state index < -0.39 is 29.7 Å². The van der Waals surface area contributed by atoms with Crippen molar-refractivity contribution in [3.05, 3.63) is 113 Å². The van der Waals surface area contributed by atoms with E-state index in [0.29, 0.717) is 29.1 Å². The topological polar surface area (TPSA) is 166 Å². The summed E-state index contributed by atoms with van der Waals surface area (Å²) in [4.78, 5) is 55.4. The van der Waals surface area contributed by atoms with Crippen molar-refractivity contribution in [3.8, 4) is 28.8 Å². The number of piperidine rings is 1. The number of nitrogens with one attached hydrogen (secondary N) is 2. The molecule has 4 amide bonds. The van der Waals surface area contributed by atoms with E-state index in [0.717, 1.165) is 40.2 Å². The van der Waals surface area contributed by atoms with Gasteiger partial charge in [-0.05, 0) is 66.1 Å². The van der Waals surface area contributed by atoms with Crippen LogP contribution in [0.4, 0.5) is 5.69 Å². The maximum atomic E-state index is 13.2. The summed E-state index contributed by atoms with van der Waals surface area (Å²) in [7, 11) is 0. The molecule has 268 valence electrons. The molecule has 3 aliphatic rings. The van der Waals surface area contributed by atoms with E-state index in [9.17, 15) is 19.2 Å². The second-order valence-corrected chi connectivity index (χ2v) is 14.0. The lowest BCUT2D eigenvalue weighted by Crippen LogP contribution is -2.54. The Balaban J connectivity index is 0.839. The van der Waals surface area contributed by atoms with Crippen molar-refractivity contribution in [1.82, 2.24) is 25.4 Å². The first-order chi connectivity index (χ1) is 25.5. The maximum absolute atomic E-state index is 13.2. The normalized spacial score (nSPS) is 19.8. The number of aryl methyl sites for hydroxylation is 1. The van der Waals surface area contributed by atoms with Crippen molar-refractivity contribution in [3.63, 3.8) is 0 Å². The minimum atomic E-state index is -0.990. The molecule has 2 aliphatic heterocycles. The van der Waals surface area contributed by atoms with E-state index in [1.54, 1.807) is 43.5 Å². The fourth-order valence-corrected chi connectivity index (χ4v) is 6.96. The molecule has 0 spiro atoms. The Labute approximate surface area is 304 Å². The van der Waals surface area contributed by atoms with Crippen LogP contribution in [0, 0.1) is 6.92 Å². The molecule has 1 aliphatic carbocycles. The fourth-order valence-electron chi connectivity index (χ4n) is 6.96. The number of imide groups is 2. The molecule has 2 N–H and O–H groups in total. The van der Waals surface area contributed by atoms with E-state index in [2.05, 4.69) is 63.9 Å². The number of anilines is 1. The summed E-state index contributed by atoms with van der Waals surface area (Å²) in [5, 5.41) is 13.6. The number of ether oxygens (including phenoxy) is 2. The van der Waals surface area contributed by atoms with Gasteiger partial charge in [-0.15, -0.1) is 10.2 Å². The SMILES string of the molecule is Cc1nnc(-c2ccnc(Oc3ccc(C(C)(C)c4ccc(O[C@H]5C[C@H](Nc6ccc7c(c6)C(=O)N(C6CCC(=O)NC6=O)C7=O)C5)cc4)cc3)c2)o1. The smallest absolute Gasteiger partial charge is 0.262 e. The summed E-state index contributed by atoms with van der Waals surface area (Å²) in [6, 6.07) is 23.9. The summed E-state index contributed by atoms with van der Waals surface area (Å²) >= 11 is 0. The minimum absolute atomic E-state index is 0.0332. The minimum Gasteiger partial charge on any atom is -0.490 e. The number of hydrogen-bond donors (Lipinski definition) is 2. The van der Waals surface area contributed by atoms with Crippen LogP contribution in [0.3, 0.4) is 0 Å². The van der Waals surface area contributed by atoms with Gasteiger partial charge in [-0.25, -0.2) is 4.98 Å². The van der Waals surface area contributed by atoms with Crippen molar-refractivity contribution >= 4 is 29.3 Å². The zero-order valence-corrected chi connectivity index (χ0v) is 29.3. The first-order valence-corrected chi connectivity index (χ1v) is 17.5. The molecule has 1 atom stereocenters. The van der Waals surface area contributed by atoms with Gasteiger partial charge in [-0.2, -0.15) is 0 Å². The zero-order chi connectivity index (χ0) is 36.9. The Morgan fingerprint density at radius 1 is 0.849 bits per heavy atom. The van der Waals surface area contributed by atoms with E-state index in [1.807, 2.05) is 24.3 Å².